The molecule has 1 aromatic heterocycles. The largest absolute Gasteiger partial charge is 0.339 e. The highest BCUT2D eigenvalue weighted by atomic mass is 35.5. The van der Waals surface area contributed by atoms with Gasteiger partial charge in [-0.25, -0.2) is 0 Å². The Morgan fingerprint density at radius 3 is 3.16 bits per heavy atom. The molecule has 0 spiro atoms. The molecular formula is C14H21ClN2OS. The van der Waals surface area contributed by atoms with Crippen LogP contribution in [-0.2, 0) is 11.2 Å². The van der Waals surface area contributed by atoms with E-state index in [2.05, 4.69) is 28.6 Å². The van der Waals surface area contributed by atoms with Crippen molar-refractivity contribution >= 4 is 29.7 Å². The molecule has 5 heteroatoms. The van der Waals surface area contributed by atoms with Gasteiger partial charge in [0.05, 0.1) is 5.92 Å². The van der Waals surface area contributed by atoms with Crippen molar-refractivity contribution in [3.8, 4) is 0 Å². The second-order valence-corrected chi connectivity index (χ2v) is 6.38. The van der Waals surface area contributed by atoms with Gasteiger partial charge in [0.15, 0.2) is 0 Å². The van der Waals surface area contributed by atoms with Crippen LogP contribution < -0.4 is 5.32 Å². The number of hydrogen-bond donors (Lipinski definition) is 1. The Morgan fingerprint density at radius 1 is 1.53 bits per heavy atom. The maximum Gasteiger partial charge on any atom is 0.230 e. The smallest absolute Gasteiger partial charge is 0.230 e. The van der Waals surface area contributed by atoms with Crippen molar-refractivity contribution in [3.05, 3.63) is 21.9 Å². The first kappa shape index (κ1) is 14.8. The van der Waals surface area contributed by atoms with Crippen molar-refractivity contribution in [1.29, 1.82) is 0 Å². The summed E-state index contributed by atoms with van der Waals surface area (Å²) in [5, 5.41) is 5.53. The molecule has 0 bridgehead atoms. The molecule has 2 aliphatic rings. The van der Waals surface area contributed by atoms with Gasteiger partial charge in [-0.15, -0.1) is 23.7 Å². The summed E-state index contributed by atoms with van der Waals surface area (Å²) in [5.41, 5.74) is 1.31. The number of amides is 1. The van der Waals surface area contributed by atoms with E-state index in [9.17, 15) is 4.79 Å². The third-order valence-corrected chi connectivity index (χ3v) is 5.03. The number of carbonyl (C=O) groups is 1. The number of halogens is 1. The van der Waals surface area contributed by atoms with E-state index in [-0.39, 0.29) is 18.3 Å². The van der Waals surface area contributed by atoms with Crippen LogP contribution in [0.3, 0.4) is 0 Å². The number of nitrogens with one attached hydrogen (secondary N) is 1. The SMILES string of the molecule is C[C@@H]1CN(C(=O)C2CCCc3sccc32)CCN1.Cl. The van der Waals surface area contributed by atoms with Gasteiger partial charge in [-0.1, -0.05) is 0 Å². The lowest BCUT2D eigenvalue weighted by molar-refractivity contribution is -0.134. The zero-order valence-corrected chi connectivity index (χ0v) is 12.9. The van der Waals surface area contributed by atoms with Gasteiger partial charge in [-0.05, 0) is 43.2 Å². The molecule has 1 fully saturated rings. The van der Waals surface area contributed by atoms with E-state index in [4.69, 9.17) is 0 Å². The van der Waals surface area contributed by atoms with Crippen LogP contribution in [0.15, 0.2) is 11.4 Å². The van der Waals surface area contributed by atoms with E-state index in [0.29, 0.717) is 11.9 Å². The maximum atomic E-state index is 12.7. The normalized spacial score (nSPS) is 26.5. The monoisotopic (exact) mass is 300 g/mol. The molecule has 2 heterocycles. The Balaban J connectivity index is 0.00000133. The molecule has 3 nitrogen and oxygen atoms in total. The zero-order chi connectivity index (χ0) is 12.5. The van der Waals surface area contributed by atoms with Crippen LogP contribution in [-0.4, -0.2) is 36.5 Å². The summed E-state index contributed by atoms with van der Waals surface area (Å²) in [6, 6.07) is 2.58. The number of hydrogen-bond acceptors (Lipinski definition) is 3. The Kier molecular flexibility index (Phi) is 4.87. The van der Waals surface area contributed by atoms with Crippen molar-refractivity contribution in [1.82, 2.24) is 10.2 Å². The summed E-state index contributed by atoms with van der Waals surface area (Å²) in [6.07, 6.45) is 3.35. The lowest BCUT2D eigenvalue weighted by Gasteiger charge is -2.35. The van der Waals surface area contributed by atoms with Gasteiger partial charge in [0, 0.05) is 30.6 Å². The molecule has 1 amide bonds. The molecule has 106 valence electrons. The number of aryl methyl sites for hydroxylation is 1. The first-order chi connectivity index (χ1) is 8.75. The van der Waals surface area contributed by atoms with Crippen molar-refractivity contribution in [2.75, 3.05) is 19.6 Å². The fourth-order valence-corrected chi connectivity index (χ4v) is 4.08. The molecule has 19 heavy (non-hydrogen) atoms. The molecule has 1 aliphatic heterocycles. The number of nitrogens with zero attached hydrogens (tertiary/aromatic N) is 1. The Labute approximate surface area is 124 Å². The van der Waals surface area contributed by atoms with Gasteiger partial charge in [-0.2, -0.15) is 0 Å². The topological polar surface area (TPSA) is 32.3 Å². The average Bonchev–Trinajstić information content (AvgIpc) is 2.86. The van der Waals surface area contributed by atoms with Gasteiger partial charge in [0.2, 0.25) is 5.91 Å². The molecule has 0 saturated carbocycles. The zero-order valence-electron chi connectivity index (χ0n) is 11.2. The fraction of sp³-hybridized carbons (Fsp3) is 0.643. The number of piperazine rings is 1. The number of rotatable bonds is 1. The lowest BCUT2D eigenvalue weighted by Crippen LogP contribution is -2.52. The molecule has 0 aromatic carbocycles. The van der Waals surface area contributed by atoms with Crippen molar-refractivity contribution in [2.24, 2.45) is 0 Å². The molecule has 0 radical (unpaired) electrons. The summed E-state index contributed by atoms with van der Waals surface area (Å²) >= 11 is 1.81. The lowest BCUT2D eigenvalue weighted by atomic mass is 9.86. The predicted molar refractivity (Wildman–Crippen MR) is 81.3 cm³/mol. The van der Waals surface area contributed by atoms with E-state index in [1.807, 2.05) is 11.3 Å². The van der Waals surface area contributed by atoms with E-state index in [1.54, 1.807) is 0 Å². The summed E-state index contributed by atoms with van der Waals surface area (Å²) in [7, 11) is 0. The fourth-order valence-electron chi connectivity index (χ4n) is 3.10. The van der Waals surface area contributed by atoms with Gasteiger partial charge >= 0.3 is 0 Å². The average molecular weight is 301 g/mol. The first-order valence-corrected chi connectivity index (χ1v) is 7.72. The molecular weight excluding hydrogens is 280 g/mol. The molecule has 3 rings (SSSR count). The number of fused-ring (bicyclic) bond motifs is 1. The molecule has 1 N–H and O–H groups in total. The van der Waals surface area contributed by atoms with E-state index in [1.165, 1.54) is 10.4 Å². The highest BCUT2D eigenvalue weighted by Gasteiger charge is 2.32. The quantitative estimate of drug-likeness (QED) is 0.864. The third kappa shape index (κ3) is 2.96. The maximum absolute atomic E-state index is 12.7. The second kappa shape index (κ2) is 6.25. The van der Waals surface area contributed by atoms with Crippen LogP contribution in [0, 0.1) is 0 Å². The van der Waals surface area contributed by atoms with Crippen molar-refractivity contribution < 1.29 is 4.79 Å². The Bertz CT molecular complexity index is 448. The van der Waals surface area contributed by atoms with Gasteiger partial charge < -0.3 is 10.2 Å². The number of thiophene rings is 1. The standard InChI is InChI=1S/C14H20N2OS.ClH/c1-10-9-16(7-6-15-10)14(17)12-3-2-4-13-11(12)5-8-18-13;/h5,8,10,12,15H,2-4,6-7,9H2,1H3;1H/t10-,12?;/m1./s1. The van der Waals surface area contributed by atoms with E-state index < -0.39 is 0 Å². The molecule has 1 unspecified atom stereocenters. The molecule has 2 atom stereocenters. The van der Waals surface area contributed by atoms with E-state index in [0.717, 1.165) is 38.9 Å². The van der Waals surface area contributed by atoms with Crippen LogP contribution in [0.25, 0.3) is 0 Å². The van der Waals surface area contributed by atoms with Crippen LogP contribution in [0.1, 0.15) is 36.1 Å². The Hall–Kier alpha value is -0.580. The molecule has 1 saturated heterocycles. The summed E-state index contributed by atoms with van der Waals surface area (Å²) < 4.78 is 0. The van der Waals surface area contributed by atoms with Crippen LogP contribution in [0.4, 0.5) is 0 Å². The summed E-state index contributed by atoms with van der Waals surface area (Å²) in [5.74, 6) is 0.480. The summed E-state index contributed by atoms with van der Waals surface area (Å²) in [4.78, 5) is 16.1. The third-order valence-electron chi connectivity index (χ3n) is 4.03. The van der Waals surface area contributed by atoms with Crippen LogP contribution >= 0.6 is 23.7 Å². The second-order valence-electron chi connectivity index (χ2n) is 5.38. The molecule has 1 aromatic rings. The predicted octanol–water partition coefficient (Wildman–Crippen LogP) is 2.41. The minimum absolute atomic E-state index is 0. The summed E-state index contributed by atoms with van der Waals surface area (Å²) in [6.45, 7) is 4.79. The van der Waals surface area contributed by atoms with Gasteiger partial charge in [0.1, 0.15) is 0 Å². The van der Waals surface area contributed by atoms with Gasteiger partial charge in [0.25, 0.3) is 0 Å². The minimum Gasteiger partial charge on any atom is -0.339 e. The highest BCUT2D eigenvalue weighted by Crippen LogP contribution is 2.36. The highest BCUT2D eigenvalue weighted by molar-refractivity contribution is 7.10. The molecule has 1 aliphatic carbocycles. The van der Waals surface area contributed by atoms with E-state index >= 15 is 0 Å². The first-order valence-electron chi connectivity index (χ1n) is 6.84. The van der Waals surface area contributed by atoms with Gasteiger partial charge in [-0.3, -0.25) is 4.79 Å². The van der Waals surface area contributed by atoms with Crippen LogP contribution in [0.5, 0.6) is 0 Å². The Morgan fingerprint density at radius 2 is 2.37 bits per heavy atom. The van der Waals surface area contributed by atoms with Crippen LogP contribution in [0.2, 0.25) is 0 Å². The van der Waals surface area contributed by atoms with Crippen molar-refractivity contribution in [2.45, 2.75) is 38.1 Å². The van der Waals surface area contributed by atoms with Crippen molar-refractivity contribution in [3.63, 3.8) is 0 Å². The number of carbonyl (C=O) groups excluding carboxylic acids is 1. The minimum atomic E-state index is 0.